The van der Waals surface area contributed by atoms with Crippen molar-refractivity contribution in [3.8, 4) is 11.5 Å². The largest absolute Gasteiger partial charge is 0.493 e. The lowest BCUT2D eigenvalue weighted by Gasteiger charge is -2.19. The number of carbonyl (C=O) groups is 1. The minimum atomic E-state index is 0.178. The highest BCUT2D eigenvalue weighted by Crippen LogP contribution is 2.42. The van der Waals surface area contributed by atoms with Gasteiger partial charge in [-0.05, 0) is 24.9 Å². The number of nitrogens with two attached hydrogens (primary N) is 1. The number of aldehydes is 1. The Labute approximate surface area is 112 Å². The SMILES string of the molecule is COc1c(C(C)CCN)cc(Cl)c(C=O)c1OC. The summed E-state index contributed by atoms with van der Waals surface area (Å²) in [6.45, 7) is 2.60. The Bertz CT molecular complexity index is 435. The minimum Gasteiger partial charge on any atom is -0.493 e. The lowest BCUT2D eigenvalue weighted by molar-refractivity contribution is 0.112. The molecular weight excluding hydrogens is 254 g/mol. The second-order valence-electron chi connectivity index (χ2n) is 4.02. The van der Waals surface area contributed by atoms with Crippen molar-refractivity contribution < 1.29 is 14.3 Å². The van der Waals surface area contributed by atoms with E-state index < -0.39 is 0 Å². The summed E-state index contributed by atoms with van der Waals surface area (Å²) in [6.07, 6.45) is 1.47. The van der Waals surface area contributed by atoms with Gasteiger partial charge in [0.05, 0.1) is 24.8 Å². The number of methoxy groups -OCH3 is 2. The second kappa shape index (κ2) is 6.61. The van der Waals surface area contributed by atoms with Crippen molar-refractivity contribution in [2.45, 2.75) is 19.3 Å². The van der Waals surface area contributed by atoms with Gasteiger partial charge >= 0.3 is 0 Å². The Kier molecular flexibility index (Phi) is 5.44. The fourth-order valence-corrected chi connectivity index (χ4v) is 2.18. The molecule has 0 aliphatic heterocycles. The predicted molar refractivity (Wildman–Crippen MR) is 72.0 cm³/mol. The van der Waals surface area contributed by atoms with Gasteiger partial charge in [0.15, 0.2) is 17.8 Å². The van der Waals surface area contributed by atoms with Gasteiger partial charge in [-0.2, -0.15) is 0 Å². The molecular formula is C13H18ClNO3. The van der Waals surface area contributed by atoms with Crippen molar-refractivity contribution in [2.75, 3.05) is 20.8 Å². The van der Waals surface area contributed by atoms with Gasteiger partial charge in [0.2, 0.25) is 0 Å². The lowest BCUT2D eigenvalue weighted by atomic mass is 9.95. The van der Waals surface area contributed by atoms with E-state index in [1.165, 1.54) is 7.11 Å². The van der Waals surface area contributed by atoms with Gasteiger partial charge in [-0.3, -0.25) is 4.79 Å². The number of ether oxygens (including phenoxy) is 2. The molecule has 18 heavy (non-hydrogen) atoms. The van der Waals surface area contributed by atoms with Crippen molar-refractivity contribution in [3.05, 3.63) is 22.2 Å². The Hall–Kier alpha value is -1.26. The highest BCUT2D eigenvalue weighted by Gasteiger charge is 2.21. The summed E-state index contributed by atoms with van der Waals surface area (Å²) >= 11 is 6.09. The van der Waals surface area contributed by atoms with Gasteiger partial charge in [0.25, 0.3) is 0 Å². The van der Waals surface area contributed by atoms with Crippen molar-refractivity contribution in [1.29, 1.82) is 0 Å². The molecule has 0 radical (unpaired) electrons. The molecule has 100 valence electrons. The maximum atomic E-state index is 11.0. The lowest BCUT2D eigenvalue weighted by Crippen LogP contribution is -2.08. The number of benzene rings is 1. The molecule has 1 unspecified atom stereocenters. The van der Waals surface area contributed by atoms with E-state index in [1.807, 2.05) is 6.92 Å². The number of rotatable bonds is 6. The fraction of sp³-hybridized carbons (Fsp3) is 0.462. The van der Waals surface area contributed by atoms with Crippen molar-refractivity contribution in [2.24, 2.45) is 5.73 Å². The van der Waals surface area contributed by atoms with Crippen LogP contribution in [0.2, 0.25) is 5.02 Å². The van der Waals surface area contributed by atoms with Crippen molar-refractivity contribution >= 4 is 17.9 Å². The molecule has 0 aromatic heterocycles. The molecule has 0 fully saturated rings. The highest BCUT2D eigenvalue weighted by molar-refractivity contribution is 6.33. The molecule has 5 heteroatoms. The minimum absolute atomic E-state index is 0.178. The zero-order valence-corrected chi connectivity index (χ0v) is 11.6. The quantitative estimate of drug-likeness (QED) is 0.808. The topological polar surface area (TPSA) is 61.5 Å². The maximum Gasteiger partial charge on any atom is 0.173 e. The van der Waals surface area contributed by atoms with Crippen LogP contribution in [-0.4, -0.2) is 27.1 Å². The van der Waals surface area contributed by atoms with E-state index in [1.54, 1.807) is 13.2 Å². The van der Waals surface area contributed by atoms with Gasteiger partial charge in [-0.1, -0.05) is 18.5 Å². The third-order valence-electron chi connectivity index (χ3n) is 2.91. The normalized spacial score (nSPS) is 12.1. The van der Waals surface area contributed by atoms with Crippen LogP contribution in [0.1, 0.15) is 35.2 Å². The van der Waals surface area contributed by atoms with Crippen LogP contribution in [0.3, 0.4) is 0 Å². The average molecular weight is 272 g/mol. The van der Waals surface area contributed by atoms with Gasteiger partial charge in [-0.15, -0.1) is 0 Å². The smallest absolute Gasteiger partial charge is 0.173 e. The molecule has 0 amide bonds. The summed E-state index contributed by atoms with van der Waals surface area (Å²) in [7, 11) is 3.03. The number of hydrogen-bond donors (Lipinski definition) is 1. The van der Waals surface area contributed by atoms with E-state index in [-0.39, 0.29) is 5.92 Å². The van der Waals surface area contributed by atoms with Crippen LogP contribution < -0.4 is 15.2 Å². The average Bonchev–Trinajstić information content (AvgIpc) is 2.37. The molecule has 1 aromatic carbocycles. The molecule has 1 aromatic rings. The first-order valence-electron chi connectivity index (χ1n) is 5.70. The molecule has 0 saturated heterocycles. The van der Waals surface area contributed by atoms with Crippen LogP contribution in [0.25, 0.3) is 0 Å². The van der Waals surface area contributed by atoms with E-state index in [9.17, 15) is 4.79 Å². The number of halogens is 1. The van der Waals surface area contributed by atoms with Crippen LogP contribution >= 0.6 is 11.6 Å². The van der Waals surface area contributed by atoms with Gasteiger partial charge in [0, 0.05) is 5.56 Å². The highest BCUT2D eigenvalue weighted by atomic mass is 35.5. The number of hydrogen-bond acceptors (Lipinski definition) is 4. The third-order valence-corrected chi connectivity index (χ3v) is 3.22. The third kappa shape index (κ3) is 2.76. The summed E-state index contributed by atoms with van der Waals surface area (Å²) in [5, 5.41) is 0.363. The van der Waals surface area contributed by atoms with Crippen molar-refractivity contribution in [1.82, 2.24) is 0 Å². The Morgan fingerprint density at radius 2 is 2.00 bits per heavy atom. The monoisotopic (exact) mass is 271 g/mol. The first-order chi connectivity index (χ1) is 8.60. The van der Waals surface area contributed by atoms with E-state index in [4.69, 9.17) is 26.8 Å². The van der Waals surface area contributed by atoms with Gasteiger partial charge < -0.3 is 15.2 Å². The molecule has 0 spiro atoms. The van der Waals surface area contributed by atoms with E-state index in [0.717, 1.165) is 12.0 Å². The van der Waals surface area contributed by atoms with E-state index in [0.29, 0.717) is 34.9 Å². The summed E-state index contributed by atoms with van der Waals surface area (Å²) in [4.78, 5) is 11.0. The second-order valence-corrected chi connectivity index (χ2v) is 4.43. The molecule has 0 saturated carbocycles. The molecule has 4 nitrogen and oxygen atoms in total. The fourth-order valence-electron chi connectivity index (χ4n) is 1.94. The first kappa shape index (κ1) is 14.8. The number of carbonyl (C=O) groups excluding carboxylic acids is 1. The molecule has 0 heterocycles. The standard InChI is InChI=1S/C13H18ClNO3/c1-8(4-5-15)9-6-11(14)10(7-16)13(18-3)12(9)17-2/h6-8H,4-5,15H2,1-3H3. The molecule has 0 bridgehead atoms. The zero-order chi connectivity index (χ0) is 13.7. The Balaban J connectivity index is 3.43. The zero-order valence-electron chi connectivity index (χ0n) is 10.8. The molecule has 0 aliphatic rings. The van der Waals surface area contributed by atoms with Crippen LogP contribution in [0.5, 0.6) is 11.5 Å². The molecule has 0 aliphatic carbocycles. The van der Waals surface area contributed by atoms with Crippen LogP contribution in [0.4, 0.5) is 0 Å². The molecule has 1 rings (SSSR count). The Morgan fingerprint density at radius 3 is 2.44 bits per heavy atom. The van der Waals surface area contributed by atoms with Gasteiger partial charge in [-0.25, -0.2) is 0 Å². The maximum absolute atomic E-state index is 11.0. The summed E-state index contributed by atoms with van der Waals surface area (Å²) in [5.41, 5.74) is 6.77. The van der Waals surface area contributed by atoms with Crippen molar-refractivity contribution in [3.63, 3.8) is 0 Å². The van der Waals surface area contributed by atoms with Crippen LogP contribution in [-0.2, 0) is 0 Å². The summed E-state index contributed by atoms with van der Waals surface area (Å²) in [5.74, 6) is 1.10. The first-order valence-corrected chi connectivity index (χ1v) is 6.08. The van der Waals surface area contributed by atoms with Gasteiger partial charge in [0.1, 0.15) is 0 Å². The van der Waals surface area contributed by atoms with E-state index in [2.05, 4.69) is 0 Å². The molecule has 2 N–H and O–H groups in total. The Morgan fingerprint density at radius 1 is 1.39 bits per heavy atom. The predicted octanol–water partition coefficient (Wildman–Crippen LogP) is 2.62. The van der Waals surface area contributed by atoms with Crippen LogP contribution in [0.15, 0.2) is 6.07 Å². The summed E-state index contributed by atoms with van der Waals surface area (Å²) in [6, 6.07) is 1.74. The summed E-state index contributed by atoms with van der Waals surface area (Å²) < 4.78 is 10.6. The van der Waals surface area contributed by atoms with Crippen LogP contribution in [0, 0.1) is 0 Å². The van der Waals surface area contributed by atoms with E-state index >= 15 is 0 Å². The molecule has 1 atom stereocenters.